The van der Waals surface area contributed by atoms with Crippen molar-refractivity contribution in [2.75, 3.05) is 0 Å². The van der Waals surface area contributed by atoms with Crippen LogP contribution in [0.25, 0.3) is 0 Å². The fraction of sp³-hybridized carbons (Fsp3) is 0.833. The maximum atomic E-state index is 10.9. The van der Waals surface area contributed by atoms with Crippen molar-refractivity contribution in [1.29, 1.82) is 0 Å². The molecule has 1 unspecified atom stereocenters. The minimum atomic E-state index is -4.12. The van der Waals surface area contributed by atoms with Crippen molar-refractivity contribution >= 4 is 45.5 Å². The first-order chi connectivity index (χ1) is 5.02. The summed E-state index contributed by atoms with van der Waals surface area (Å²) < 4.78 is 29.6. The van der Waals surface area contributed by atoms with E-state index in [2.05, 4.69) is 0 Å². The summed E-state index contributed by atoms with van der Waals surface area (Å²) in [7, 11) is -4.12. The monoisotopic (exact) mass is 201 g/mol. The van der Waals surface area contributed by atoms with Crippen LogP contribution in [0.2, 0.25) is 0 Å². The Hall–Kier alpha value is 0.580. The number of ketones is 1. The van der Waals surface area contributed by atoms with Gasteiger partial charge in [-0.25, -0.2) is 0 Å². The van der Waals surface area contributed by atoms with Gasteiger partial charge in [-0.2, -0.15) is 8.42 Å². The quantitative estimate of drug-likeness (QED) is 0.479. The minimum Gasteiger partial charge on any atom is -0.298 e. The molecular weight excluding hydrogens is 191 g/mol. The van der Waals surface area contributed by atoms with E-state index >= 15 is 0 Å². The van der Waals surface area contributed by atoms with E-state index in [0.29, 0.717) is 6.42 Å². The van der Waals surface area contributed by atoms with Gasteiger partial charge in [-0.05, 0) is 12.8 Å². The standard InChI is InChI=1S/C6H10O4S.Na/c7-5-3-1-2-4-6(5)11(8,9)10;/h6H,1-4H2,(H,8,9,10);. The van der Waals surface area contributed by atoms with E-state index in [1.165, 1.54) is 0 Å². The van der Waals surface area contributed by atoms with Crippen molar-refractivity contribution in [3.05, 3.63) is 0 Å². The van der Waals surface area contributed by atoms with Crippen LogP contribution >= 0.6 is 0 Å². The topological polar surface area (TPSA) is 71.4 Å². The van der Waals surface area contributed by atoms with Crippen LogP contribution in [0.3, 0.4) is 0 Å². The summed E-state index contributed by atoms with van der Waals surface area (Å²) in [6.45, 7) is 0. The second kappa shape index (κ2) is 4.72. The number of Topliss-reactive ketones (excluding diaryl/α,β-unsaturated/α-hetero) is 1. The third-order valence-corrected chi connectivity index (χ3v) is 3.08. The molecule has 65 valence electrons. The zero-order chi connectivity index (χ0) is 8.48. The molecule has 0 aliphatic heterocycles. The largest absolute Gasteiger partial charge is 0.298 e. The molecule has 0 aromatic heterocycles. The first kappa shape index (κ1) is 12.6. The Morgan fingerprint density at radius 1 is 1.33 bits per heavy atom. The van der Waals surface area contributed by atoms with Gasteiger partial charge in [0.15, 0.2) is 5.78 Å². The van der Waals surface area contributed by atoms with E-state index in [1.54, 1.807) is 0 Å². The van der Waals surface area contributed by atoms with Crippen LogP contribution in [0.1, 0.15) is 25.7 Å². The molecule has 6 heteroatoms. The minimum absolute atomic E-state index is 0. The molecule has 0 aromatic rings. The summed E-state index contributed by atoms with van der Waals surface area (Å²) in [6, 6.07) is 0. The molecule has 1 fully saturated rings. The molecule has 12 heavy (non-hydrogen) atoms. The second-order valence-electron chi connectivity index (χ2n) is 2.72. The number of carbonyl (C=O) groups is 1. The number of carbonyl (C=O) groups excluding carboxylic acids is 1. The average Bonchev–Trinajstić information content (AvgIpc) is 1.86. The smallest absolute Gasteiger partial charge is 0.274 e. The molecule has 1 saturated carbocycles. The fourth-order valence-electron chi connectivity index (χ4n) is 1.27. The third kappa shape index (κ3) is 3.14. The molecule has 1 N–H and O–H groups in total. The van der Waals surface area contributed by atoms with Crippen LogP contribution in [0.15, 0.2) is 0 Å². The molecule has 0 aromatic carbocycles. The Labute approximate surface area is 93.8 Å². The van der Waals surface area contributed by atoms with Crippen LogP contribution in [0.4, 0.5) is 0 Å². The molecule has 4 nitrogen and oxygen atoms in total. The number of hydrogen-bond donors (Lipinski definition) is 1. The molecule has 1 atom stereocenters. The summed E-state index contributed by atoms with van der Waals surface area (Å²) in [5.41, 5.74) is 0. The SMILES string of the molecule is O=C1CCCCC1S(=O)(=O)O.[Na]. The van der Waals surface area contributed by atoms with E-state index in [0.717, 1.165) is 6.42 Å². The Kier molecular flexibility index (Phi) is 4.94. The molecule has 1 aliphatic rings. The van der Waals surface area contributed by atoms with Crippen LogP contribution in [-0.2, 0) is 14.9 Å². The Morgan fingerprint density at radius 3 is 2.25 bits per heavy atom. The fourth-order valence-corrected chi connectivity index (χ4v) is 2.18. The maximum Gasteiger partial charge on any atom is 0.274 e. The summed E-state index contributed by atoms with van der Waals surface area (Å²) in [4.78, 5) is 10.9. The van der Waals surface area contributed by atoms with Crippen molar-refractivity contribution in [2.45, 2.75) is 30.9 Å². The van der Waals surface area contributed by atoms with Gasteiger partial charge in [0, 0.05) is 36.0 Å². The normalized spacial score (nSPS) is 24.8. The number of hydrogen-bond acceptors (Lipinski definition) is 3. The number of rotatable bonds is 1. The predicted molar refractivity (Wildman–Crippen MR) is 44.6 cm³/mol. The molecule has 0 amide bonds. The van der Waals surface area contributed by atoms with Gasteiger partial charge in [0.2, 0.25) is 0 Å². The van der Waals surface area contributed by atoms with Gasteiger partial charge in [0.05, 0.1) is 0 Å². The first-order valence-electron chi connectivity index (χ1n) is 3.51. The zero-order valence-electron chi connectivity index (χ0n) is 6.99. The van der Waals surface area contributed by atoms with Crippen LogP contribution in [-0.4, -0.2) is 53.6 Å². The van der Waals surface area contributed by atoms with Gasteiger partial charge in [0.1, 0.15) is 5.25 Å². The van der Waals surface area contributed by atoms with Crippen LogP contribution in [0.5, 0.6) is 0 Å². The van der Waals surface area contributed by atoms with Gasteiger partial charge in [-0.3, -0.25) is 9.35 Å². The van der Waals surface area contributed by atoms with Crippen LogP contribution in [0, 0.1) is 0 Å². The Morgan fingerprint density at radius 2 is 1.92 bits per heavy atom. The van der Waals surface area contributed by atoms with Gasteiger partial charge in [-0.15, -0.1) is 0 Å². The molecule has 0 saturated heterocycles. The molecular formula is C6H10NaO4S. The summed E-state index contributed by atoms with van der Waals surface area (Å²) in [5.74, 6) is -0.348. The maximum absolute atomic E-state index is 10.9. The van der Waals surface area contributed by atoms with E-state index in [9.17, 15) is 13.2 Å². The molecule has 1 aliphatic carbocycles. The Balaban J connectivity index is 0.00000121. The van der Waals surface area contributed by atoms with E-state index in [4.69, 9.17) is 4.55 Å². The van der Waals surface area contributed by atoms with Gasteiger partial charge in [0.25, 0.3) is 10.1 Å². The van der Waals surface area contributed by atoms with Gasteiger partial charge < -0.3 is 0 Å². The van der Waals surface area contributed by atoms with Crippen molar-refractivity contribution in [3.8, 4) is 0 Å². The Bertz CT molecular complexity index is 259. The average molecular weight is 201 g/mol. The van der Waals surface area contributed by atoms with Crippen LogP contribution < -0.4 is 0 Å². The second-order valence-corrected chi connectivity index (χ2v) is 4.31. The third-order valence-electron chi connectivity index (χ3n) is 1.86. The first-order valence-corrected chi connectivity index (χ1v) is 5.01. The van der Waals surface area contributed by atoms with Crippen molar-refractivity contribution < 1.29 is 17.8 Å². The summed E-state index contributed by atoms with van der Waals surface area (Å²) >= 11 is 0. The van der Waals surface area contributed by atoms with Crippen molar-refractivity contribution in [2.24, 2.45) is 0 Å². The van der Waals surface area contributed by atoms with Gasteiger partial charge >= 0.3 is 0 Å². The molecule has 0 spiro atoms. The zero-order valence-corrected chi connectivity index (χ0v) is 9.80. The van der Waals surface area contributed by atoms with Crippen molar-refractivity contribution in [3.63, 3.8) is 0 Å². The predicted octanol–water partition coefficient (Wildman–Crippen LogP) is 0.00510. The molecule has 0 bridgehead atoms. The summed E-state index contributed by atoms with van der Waals surface area (Å²) in [5, 5.41) is -1.14. The molecule has 0 heterocycles. The molecule has 1 radical (unpaired) electrons. The van der Waals surface area contributed by atoms with E-state index < -0.39 is 15.4 Å². The van der Waals surface area contributed by atoms with Gasteiger partial charge in [-0.1, -0.05) is 6.42 Å². The van der Waals surface area contributed by atoms with E-state index in [-0.39, 0.29) is 48.2 Å². The van der Waals surface area contributed by atoms with E-state index in [1.807, 2.05) is 0 Å². The van der Waals surface area contributed by atoms with Crippen molar-refractivity contribution in [1.82, 2.24) is 0 Å². The summed E-state index contributed by atoms with van der Waals surface area (Å²) in [6.07, 6.45) is 2.00. The molecule has 1 rings (SSSR count).